The van der Waals surface area contributed by atoms with Gasteiger partial charge in [-0.1, -0.05) is 316 Å². The predicted octanol–water partition coefficient (Wildman–Crippen LogP) is 31.7. The van der Waals surface area contributed by atoms with Crippen molar-refractivity contribution in [2.45, 2.75) is 131 Å². The summed E-state index contributed by atoms with van der Waals surface area (Å²) in [6.07, 6.45) is 0. The molecular weight excluding hydrogens is 1560 g/mol. The van der Waals surface area contributed by atoms with Crippen LogP contribution in [0, 0.1) is 0 Å². The van der Waals surface area contributed by atoms with E-state index in [2.05, 4.69) is 508 Å². The molecule has 5 heterocycles. The van der Waals surface area contributed by atoms with Gasteiger partial charge in [0.1, 0.15) is 0 Å². The van der Waals surface area contributed by atoms with Gasteiger partial charge >= 0.3 is 0 Å². The first-order valence-corrected chi connectivity index (χ1v) is 45.9. The van der Waals surface area contributed by atoms with Crippen molar-refractivity contribution in [2.24, 2.45) is 0 Å². The molecule has 0 bridgehead atoms. The molecule has 628 valence electrons. The van der Waals surface area contributed by atoms with Crippen LogP contribution < -0.4 is 31.1 Å². The van der Waals surface area contributed by atoms with Gasteiger partial charge in [0.2, 0.25) is 0 Å². The van der Waals surface area contributed by atoms with Gasteiger partial charge in [-0.25, -0.2) is 0 Å². The standard InChI is InChI=1S/C122H107BN6/c1-118(2,3)84-49-61-108-100(68-84)101-69-85(119(4,5)6)50-62-109(101)126(108)93-58-60-104-112(75-93)128(94-66-82(78-35-21-16-22-36-78)65-83(67-94)79-37-23-17-24-38-79)114-76-95(127-110-63-51-86(120(7,8)9)70-102(110)103-71-87(121(10,11)12)52-64-111(103)127)77-115-116(114)123(104)105-59-57-92(74-113(105)129(115)117-98(80-39-25-18-26-40-80)72-88(122(13,14)15)73-99(117)81-41-27-19-28-42-81)124(89-43-29-20-30-44-89)90-53-55-91(56-54-90)125-106-47-33-31-45-96(106)97-46-32-34-48-107(97)125/h16-77H,1-15H3. The first-order chi connectivity index (χ1) is 62.1. The van der Waals surface area contributed by atoms with Gasteiger partial charge in [0.25, 0.3) is 6.71 Å². The number of fused-ring (bicyclic) bond motifs is 13. The molecule has 20 aromatic rings. The molecule has 0 saturated heterocycles. The minimum absolute atomic E-state index is 0.0894. The Hall–Kier alpha value is -14.4. The maximum atomic E-state index is 2.75. The first-order valence-electron chi connectivity index (χ1n) is 45.9. The van der Waals surface area contributed by atoms with E-state index in [1.165, 1.54) is 98.6 Å². The number of rotatable bonds is 12. The zero-order valence-electron chi connectivity index (χ0n) is 76.6. The third kappa shape index (κ3) is 13.7. The summed E-state index contributed by atoms with van der Waals surface area (Å²) in [6.45, 7) is 34.9. The normalized spacial score (nSPS) is 13.0. The van der Waals surface area contributed by atoms with Crippen molar-refractivity contribution >= 4 is 140 Å². The lowest BCUT2D eigenvalue weighted by molar-refractivity contribution is 0.590. The smallest absolute Gasteiger partial charge is 0.252 e. The molecule has 0 saturated carbocycles. The molecule has 129 heavy (non-hydrogen) atoms. The maximum absolute atomic E-state index is 2.75. The molecule has 0 unspecified atom stereocenters. The largest absolute Gasteiger partial charge is 0.311 e. The summed E-state index contributed by atoms with van der Waals surface area (Å²) in [4.78, 5) is 7.92. The van der Waals surface area contributed by atoms with E-state index < -0.39 is 0 Å². The number of hydrogen-bond acceptors (Lipinski definition) is 3. The third-order valence-electron chi connectivity index (χ3n) is 27.5. The topological polar surface area (TPSA) is 24.5 Å². The van der Waals surface area contributed by atoms with E-state index in [4.69, 9.17) is 0 Å². The Morgan fingerprint density at radius 1 is 0.209 bits per heavy atom. The van der Waals surface area contributed by atoms with Crippen molar-refractivity contribution in [1.82, 2.24) is 13.7 Å². The summed E-state index contributed by atoms with van der Waals surface area (Å²) in [5.41, 5.74) is 38.1. The average Bonchev–Trinajstić information content (AvgIpc) is 1.53. The molecule has 0 fully saturated rings. The van der Waals surface area contributed by atoms with Crippen molar-refractivity contribution in [3.05, 3.63) is 404 Å². The summed E-state index contributed by atoms with van der Waals surface area (Å²) in [6, 6.07) is 144. The molecule has 17 aromatic carbocycles. The highest BCUT2D eigenvalue weighted by Crippen LogP contribution is 2.55. The fourth-order valence-electron chi connectivity index (χ4n) is 20.6. The highest BCUT2D eigenvalue weighted by Gasteiger charge is 2.46. The van der Waals surface area contributed by atoms with Crippen LogP contribution in [0.3, 0.4) is 0 Å². The van der Waals surface area contributed by atoms with E-state index in [0.717, 1.165) is 124 Å². The van der Waals surface area contributed by atoms with Crippen LogP contribution in [0.4, 0.5) is 51.2 Å². The molecule has 0 amide bonds. The fraction of sp³-hybridized carbons (Fsp3) is 0.164. The zero-order valence-corrected chi connectivity index (χ0v) is 76.6. The summed E-state index contributed by atoms with van der Waals surface area (Å²) < 4.78 is 7.61. The summed E-state index contributed by atoms with van der Waals surface area (Å²) in [7, 11) is 0. The second kappa shape index (κ2) is 30.1. The van der Waals surface area contributed by atoms with E-state index >= 15 is 0 Å². The van der Waals surface area contributed by atoms with Crippen LogP contribution in [0.2, 0.25) is 0 Å². The molecule has 22 rings (SSSR count). The molecule has 2 aliphatic rings. The van der Waals surface area contributed by atoms with E-state index in [1.54, 1.807) is 0 Å². The van der Waals surface area contributed by atoms with Crippen molar-refractivity contribution in [3.8, 4) is 61.6 Å². The van der Waals surface area contributed by atoms with Crippen LogP contribution >= 0.6 is 0 Å². The van der Waals surface area contributed by atoms with Crippen LogP contribution in [0.1, 0.15) is 132 Å². The molecule has 0 aliphatic carbocycles. The Balaban J connectivity index is 0.908. The van der Waals surface area contributed by atoms with Crippen LogP contribution in [0.5, 0.6) is 0 Å². The van der Waals surface area contributed by atoms with Gasteiger partial charge in [0.15, 0.2) is 0 Å². The predicted molar refractivity (Wildman–Crippen MR) is 553 cm³/mol. The monoisotopic (exact) mass is 1670 g/mol. The quantitative estimate of drug-likeness (QED) is 0.114. The lowest BCUT2D eigenvalue weighted by Crippen LogP contribution is -2.61. The van der Waals surface area contributed by atoms with Gasteiger partial charge in [-0.05, 0) is 268 Å². The first kappa shape index (κ1) is 80.4. The lowest BCUT2D eigenvalue weighted by atomic mass is 9.33. The fourth-order valence-corrected chi connectivity index (χ4v) is 20.6. The molecule has 2 aliphatic heterocycles. The molecule has 0 N–H and O–H groups in total. The second-order valence-corrected chi connectivity index (χ2v) is 41.0. The Bertz CT molecular complexity index is 7540. The lowest BCUT2D eigenvalue weighted by Gasteiger charge is -2.46. The number of benzene rings is 17. The van der Waals surface area contributed by atoms with Gasteiger partial charge in [-0.15, -0.1) is 0 Å². The number of nitrogens with zero attached hydrogens (tertiary/aromatic N) is 6. The summed E-state index contributed by atoms with van der Waals surface area (Å²) in [5, 5.41) is 7.41. The summed E-state index contributed by atoms with van der Waals surface area (Å²) >= 11 is 0. The van der Waals surface area contributed by atoms with Crippen LogP contribution in [-0.4, -0.2) is 20.4 Å². The molecule has 7 heteroatoms. The van der Waals surface area contributed by atoms with Crippen molar-refractivity contribution in [1.29, 1.82) is 0 Å². The molecule has 0 radical (unpaired) electrons. The summed E-state index contributed by atoms with van der Waals surface area (Å²) in [5.74, 6) is 0. The van der Waals surface area contributed by atoms with Crippen molar-refractivity contribution in [3.63, 3.8) is 0 Å². The van der Waals surface area contributed by atoms with Gasteiger partial charge < -0.3 is 28.4 Å². The maximum Gasteiger partial charge on any atom is 0.252 e. The van der Waals surface area contributed by atoms with Crippen LogP contribution in [0.15, 0.2) is 376 Å². The van der Waals surface area contributed by atoms with Crippen molar-refractivity contribution < 1.29 is 0 Å². The molecule has 3 aromatic heterocycles. The molecular formula is C122H107BN6. The van der Waals surface area contributed by atoms with Gasteiger partial charge in [0.05, 0.1) is 44.5 Å². The molecule has 6 nitrogen and oxygen atoms in total. The van der Waals surface area contributed by atoms with E-state index in [-0.39, 0.29) is 33.8 Å². The van der Waals surface area contributed by atoms with Gasteiger partial charge in [0, 0.05) is 100 Å². The minimum atomic E-state index is -0.343. The van der Waals surface area contributed by atoms with Gasteiger partial charge in [-0.3, -0.25) is 0 Å². The highest BCUT2D eigenvalue weighted by molar-refractivity contribution is 7.00. The van der Waals surface area contributed by atoms with E-state index in [9.17, 15) is 0 Å². The van der Waals surface area contributed by atoms with Crippen LogP contribution in [0.25, 0.3) is 127 Å². The number of hydrogen-bond donors (Lipinski definition) is 0. The Labute approximate surface area is 759 Å². The number of para-hydroxylation sites is 3. The Morgan fingerprint density at radius 3 is 0.977 bits per heavy atom. The molecule has 0 atom stereocenters. The van der Waals surface area contributed by atoms with E-state index in [1.807, 2.05) is 0 Å². The average molecular weight is 1670 g/mol. The van der Waals surface area contributed by atoms with Crippen molar-refractivity contribution in [2.75, 3.05) is 14.7 Å². The Morgan fingerprint density at radius 2 is 0.543 bits per heavy atom. The number of aromatic nitrogens is 3. The number of anilines is 9. The Kier molecular flexibility index (Phi) is 18.8. The van der Waals surface area contributed by atoms with Crippen LogP contribution in [-0.2, 0) is 27.1 Å². The zero-order chi connectivity index (χ0) is 88.5. The van der Waals surface area contributed by atoms with Gasteiger partial charge in [-0.2, -0.15) is 0 Å². The third-order valence-corrected chi connectivity index (χ3v) is 27.5. The van der Waals surface area contributed by atoms with E-state index in [0.29, 0.717) is 0 Å². The SMILES string of the molecule is CC(C)(C)c1cc(-c2ccccc2)c(N2c3cc(N(c4ccccc4)c4ccc(-n5c6ccccc6c6ccccc65)cc4)ccc3B3c4ccc(-n5c6ccc(C(C)(C)C)cc6c6cc(C(C)(C)C)ccc65)cc4N(c4cc(-c5ccccc5)cc(-c5ccccc5)c4)c4cc(-n5c6ccc(C(C)(C)C)cc6c6cc(C(C)(C)C)ccc65)cc2c43)c(-c2ccccc2)c1. The second-order valence-electron chi connectivity index (χ2n) is 41.0. The minimum Gasteiger partial charge on any atom is -0.311 e. The molecule has 0 spiro atoms. The highest BCUT2D eigenvalue weighted by atomic mass is 15.2.